The van der Waals surface area contributed by atoms with Crippen LogP contribution in [0.15, 0.2) is 96.6 Å². The van der Waals surface area contributed by atoms with Gasteiger partial charge in [0.15, 0.2) is 5.76 Å². The van der Waals surface area contributed by atoms with Gasteiger partial charge in [-0.1, -0.05) is 40.7 Å². The Kier molecular flexibility index (Phi) is 6.72. The van der Waals surface area contributed by atoms with Crippen molar-refractivity contribution in [2.75, 3.05) is 6.61 Å². The van der Waals surface area contributed by atoms with Crippen LogP contribution in [0.3, 0.4) is 0 Å². The van der Waals surface area contributed by atoms with E-state index in [0.717, 1.165) is 14.5 Å². The van der Waals surface area contributed by atoms with Gasteiger partial charge in [-0.25, -0.2) is 4.98 Å². The van der Waals surface area contributed by atoms with Crippen molar-refractivity contribution in [2.24, 2.45) is 5.10 Å². The number of hydrogen-bond acceptors (Lipinski definition) is 7. The molecule has 0 bridgehead atoms. The third-order valence-electron chi connectivity index (χ3n) is 5.36. The second kappa shape index (κ2) is 10.1. The minimum absolute atomic E-state index is 0.0701. The molecule has 5 rings (SSSR count). The Hall–Kier alpha value is -4.09. The Morgan fingerprint density at radius 2 is 1.97 bits per heavy atom. The molecule has 0 N–H and O–H groups in total. The molecule has 0 aliphatic rings. The predicted molar refractivity (Wildman–Crippen MR) is 148 cm³/mol. The minimum atomic E-state index is -0.553. The summed E-state index contributed by atoms with van der Waals surface area (Å²) in [5.41, 5.74) is 0.787. The highest BCUT2D eigenvalue weighted by molar-refractivity contribution is 9.10. The molecule has 2 aromatic heterocycles. The minimum Gasteiger partial charge on any atom is -0.482 e. The Morgan fingerprint density at radius 1 is 1.16 bits per heavy atom. The first-order valence-electron chi connectivity index (χ1n) is 10.8. The van der Waals surface area contributed by atoms with Crippen LogP contribution in [0.4, 0.5) is 5.69 Å². The molecule has 3 aromatic carbocycles. The lowest BCUT2D eigenvalue weighted by molar-refractivity contribution is -0.385. The van der Waals surface area contributed by atoms with Gasteiger partial charge in [0.1, 0.15) is 12.2 Å². The number of rotatable bonds is 7. The van der Waals surface area contributed by atoms with E-state index in [1.54, 1.807) is 36.4 Å². The van der Waals surface area contributed by atoms with Crippen LogP contribution in [-0.4, -0.2) is 27.4 Å². The summed E-state index contributed by atoms with van der Waals surface area (Å²) in [6.07, 6.45) is 2.83. The molecule has 9 nitrogen and oxygen atoms in total. The van der Waals surface area contributed by atoms with E-state index in [-0.39, 0.29) is 23.9 Å². The number of halogens is 2. The normalized spacial score (nSPS) is 11.4. The molecule has 184 valence electrons. The van der Waals surface area contributed by atoms with E-state index in [1.165, 1.54) is 18.4 Å². The van der Waals surface area contributed by atoms with E-state index in [0.29, 0.717) is 32.3 Å². The quantitative estimate of drug-likeness (QED) is 0.0864. The number of para-hydroxylation sites is 1. The summed E-state index contributed by atoms with van der Waals surface area (Å²) in [5, 5.41) is 17.2. The summed E-state index contributed by atoms with van der Waals surface area (Å²) in [6, 6.07) is 17.1. The molecule has 0 saturated carbocycles. The third kappa shape index (κ3) is 4.83. The van der Waals surface area contributed by atoms with Crippen LogP contribution in [0.2, 0.25) is 0 Å². The molecule has 5 aromatic rings. The third-order valence-corrected chi connectivity index (χ3v) is 6.45. The van der Waals surface area contributed by atoms with Crippen molar-refractivity contribution < 1.29 is 14.1 Å². The maximum Gasteiger partial charge on any atom is 0.312 e. The van der Waals surface area contributed by atoms with E-state index in [9.17, 15) is 14.9 Å². The Labute approximate surface area is 226 Å². The van der Waals surface area contributed by atoms with Gasteiger partial charge in [-0.05, 0) is 58.4 Å². The van der Waals surface area contributed by atoms with Gasteiger partial charge in [-0.15, -0.1) is 0 Å². The number of ether oxygens (including phenoxy) is 1. The van der Waals surface area contributed by atoms with Crippen LogP contribution in [0.1, 0.15) is 5.56 Å². The van der Waals surface area contributed by atoms with Crippen LogP contribution in [0.25, 0.3) is 33.5 Å². The molecule has 0 unspecified atom stereocenters. The van der Waals surface area contributed by atoms with Gasteiger partial charge in [0.25, 0.3) is 5.56 Å². The topological polar surface area (TPSA) is 113 Å². The molecule has 0 atom stereocenters. The van der Waals surface area contributed by atoms with Crippen LogP contribution in [0.5, 0.6) is 5.75 Å². The Balaban J connectivity index is 1.67. The SMILES string of the molecule is C=CCOc1c(Br)cc(C=Nn2c(-c3cc4cc(Br)ccc4o3)nc3ccccc3c2=O)cc1[N+](=O)[O-]. The highest BCUT2D eigenvalue weighted by atomic mass is 79.9. The monoisotopic (exact) mass is 622 g/mol. The van der Waals surface area contributed by atoms with Gasteiger partial charge in [-0.2, -0.15) is 9.78 Å². The fourth-order valence-electron chi connectivity index (χ4n) is 3.73. The zero-order valence-electron chi connectivity index (χ0n) is 18.9. The zero-order chi connectivity index (χ0) is 26.1. The second-order valence-corrected chi connectivity index (χ2v) is 9.58. The Bertz CT molecular complexity index is 1790. The lowest BCUT2D eigenvalue weighted by atomic mass is 10.2. The smallest absolute Gasteiger partial charge is 0.312 e. The molecule has 0 aliphatic heterocycles. The summed E-state index contributed by atoms with van der Waals surface area (Å²) in [4.78, 5) is 29.2. The second-order valence-electron chi connectivity index (χ2n) is 7.81. The molecular formula is C26H16Br2N4O5. The molecular weight excluding hydrogens is 608 g/mol. The van der Waals surface area contributed by atoms with Crippen molar-refractivity contribution in [1.29, 1.82) is 0 Å². The summed E-state index contributed by atoms with van der Waals surface area (Å²) >= 11 is 6.77. The Morgan fingerprint density at radius 3 is 2.76 bits per heavy atom. The lowest BCUT2D eigenvalue weighted by Crippen LogP contribution is -2.20. The fraction of sp³-hybridized carbons (Fsp3) is 0.0385. The van der Waals surface area contributed by atoms with E-state index >= 15 is 0 Å². The van der Waals surface area contributed by atoms with Crippen molar-refractivity contribution in [3.63, 3.8) is 0 Å². The fourth-order valence-corrected chi connectivity index (χ4v) is 4.69. The summed E-state index contributed by atoms with van der Waals surface area (Å²) < 4.78 is 13.8. The van der Waals surface area contributed by atoms with E-state index in [4.69, 9.17) is 9.15 Å². The maximum absolute atomic E-state index is 13.4. The molecule has 2 heterocycles. The highest BCUT2D eigenvalue weighted by Crippen LogP contribution is 2.36. The van der Waals surface area contributed by atoms with Crippen LogP contribution >= 0.6 is 31.9 Å². The molecule has 37 heavy (non-hydrogen) atoms. The van der Waals surface area contributed by atoms with Gasteiger partial charge in [0.2, 0.25) is 11.6 Å². The molecule has 0 radical (unpaired) electrons. The van der Waals surface area contributed by atoms with Gasteiger partial charge in [0.05, 0.1) is 26.5 Å². The molecule has 0 spiro atoms. The summed E-state index contributed by atoms with van der Waals surface area (Å²) in [5.74, 6) is 0.598. The average Bonchev–Trinajstić information content (AvgIpc) is 3.30. The standard InChI is InChI=1S/C26H16Br2N4O5/c1-2-9-36-24-19(28)10-15(11-21(24)32(34)35)14-29-31-25(30-20-6-4-3-5-18(20)26(31)33)23-13-16-12-17(27)7-8-22(16)37-23/h2-8,10-14H,1,9H2. The van der Waals surface area contributed by atoms with Crippen LogP contribution in [-0.2, 0) is 0 Å². The first-order chi connectivity index (χ1) is 17.9. The molecule has 0 saturated heterocycles. The zero-order valence-corrected chi connectivity index (χ0v) is 22.1. The number of hydrogen-bond donors (Lipinski definition) is 0. The van der Waals surface area contributed by atoms with E-state index in [1.807, 2.05) is 18.2 Å². The molecule has 11 heteroatoms. The first-order valence-corrected chi connectivity index (χ1v) is 12.4. The maximum atomic E-state index is 13.4. The summed E-state index contributed by atoms with van der Waals surface area (Å²) in [7, 11) is 0. The summed E-state index contributed by atoms with van der Waals surface area (Å²) in [6.45, 7) is 3.66. The van der Waals surface area contributed by atoms with Crippen molar-refractivity contribution >= 4 is 65.6 Å². The number of nitro groups is 1. The highest BCUT2D eigenvalue weighted by Gasteiger charge is 2.21. The number of benzene rings is 3. The lowest BCUT2D eigenvalue weighted by Gasteiger charge is -2.09. The first kappa shape index (κ1) is 24.6. The van der Waals surface area contributed by atoms with Crippen molar-refractivity contribution in [1.82, 2.24) is 9.66 Å². The number of fused-ring (bicyclic) bond motifs is 2. The van der Waals surface area contributed by atoms with E-state index < -0.39 is 10.5 Å². The van der Waals surface area contributed by atoms with Crippen molar-refractivity contribution in [3.05, 3.63) is 108 Å². The van der Waals surface area contributed by atoms with E-state index in [2.05, 4.69) is 48.5 Å². The molecule has 0 amide bonds. The number of furan rings is 1. The van der Waals surface area contributed by atoms with Gasteiger partial charge >= 0.3 is 5.69 Å². The van der Waals surface area contributed by atoms with Crippen LogP contribution < -0.4 is 10.3 Å². The van der Waals surface area contributed by atoms with Crippen molar-refractivity contribution in [3.8, 4) is 17.3 Å². The number of nitrogens with zero attached hydrogens (tertiary/aromatic N) is 4. The predicted octanol–water partition coefficient (Wildman–Crippen LogP) is 6.69. The van der Waals surface area contributed by atoms with Gasteiger partial charge in [0, 0.05) is 21.5 Å². The number of aromatic nitrogens is 2. The molecule has 0 fully saturated rings. The average molecular weight is 624 g/mol. The van der Waals surface area contributed by atoms with Crippen molar-refractivity contribution in [2.45, 2.75) is 0 Å². The van der Waals surface area contributed by atoms with Crippen LogP contribution in [0, 0.1) is 10.1 Å². The van der Waals surface area contributed by atoms with Gasteiger partial charge < -0.3 is 9.15 Å². The largest absolute Gasteiger partial charge is 0.482 e. The number of nitro benzene ring substituents is 1. The molecule has 0 aliphatic carbocycles. The van der Waals surface area contributed by atoms with Gasteiger partial charge in [-0.3, -0.25) is 14.9 Å².